The topological polar surface area (TPSA) is 219 Å². The average Bonchev–Trinajstić information content (AvgIpc) is 3.60. The first-order valence-corrected chi connectivity index (χ1v) is 18.0. The molecular weight excluding hydrogens is 710 g/mol. The monoisotopic (exact) mass is 761 g/mol. The highest BCUT2D eigenvalue weighted by Crippen LogP contribution is 2.29. The molecule has 0 saturated carbocycles. The van der Waals surface area contributed by atoms with Crippen molar-refractivity contribution in [3.05, 3.63) is 100 Å². The van der Waals surface area contributed by atoms with Gasteiger partial charge in [-0.3, -0.25) is 19.4 Å². The number of aromatic nitrogens is 4. The number of hydrogen-bond acceptors (Lipinski definition) is 13. The Morgan fingerprint density at radius 2 is 1.87 bits per heavy atom. The molecular formula is C39H51N7O9. The molecule has 0 aromatic carbocycles. The molecule has 16 heteroatoms. The second-order valence-electron chi connectivity index (χ2n) is 13.7. The Labute approximate surface area is 320 Å². The number of nitrogens with one attached hydrogen (secondary N) is 2. The van der Waals surface area contributed by atoms with Crippen LogP contribution in [0.5, 0.6) is 0 Å². The highest BCUT2D eigenvalue weighted by atomic mass is 16.6. The van der Waals surface area contributed by atoms with E-state index in [-0.39, 0.29) is 54.6 Å². The van der Waals surface area contributed by atoms with Crippen LogP contribution in [0.25, 0.3) is 0 Å². The summed E-state index contributed by atoms with van der Waals surface area (Å²) in [5, 5.41) is 25.4. The van der Waals surface area contributed by atoms with Crippen LogP contribution in [0.4, 0.5) is 4.79 Å². The molecule has 6 atom stereocenters. The third-order valence-electron chi connectivity index (χ3n) is 9.27. The highest BCUT2D eigenvalue weighted by molar-refractivity contribution is 6.23. The van der Waals surface area contributed by atoms with E-state index in [9.17, 15) is 24.3 Å². The predicted octanol–water partition coefficient (Wildman–Crippen LogP) is 2.60. The van der Waals surface area contributed by atoms with Gasteiger partial charge >= 0.3 is 6.09 Å². The van der Waals surface area contributed by atoms with E-state index >= 15 is 0 Å². The maximum Gasteiger partial charge on any atom is 0.405 e. The quantitative estimate of drug-likeness (QED) is 0.147. The summed E-state index contributed by atoms with van der Waals surface area (Å²) in [6.45, 7) is 8.07. The zero-order valence-electron chi connectivity index (χ0n) is 32.1. The van der Waals surface area contributed by atoms with E-state index in [1.807, 2.05) is 19.1 Å². The standard InChI is InChI=1S/C39H51N7O9/c1-23-16-29-34(42-14-15-54-22-28-21-46(45-44-28)20-27-10-12-41-13-11-27)31(47)19-30(36(29)49)43-38(50)24(2)8-7-9-32(52-5)37(55-39(40)51)26(4)18-25(3)35(48)33(17-23)53-6/h7-13,18-19,21,23,25,32-33,35,37,42,48H,14-17,20,22H2,1-6H3,(H2,40,51)(H,43,50)/b9-7-,24-8+,26-18+/t23-,25+,32+,33+,35-,37+/m1/s1. The Morgan fingerprint density at radius 1 is 1.13 bits per heavy atom. The Bertz CT molecular complexity index is 1830. The molecule has 2 aromatic rings. The molecule has 3 heterocycles. The number of fused-ring (bicyclic) bond motifs is 2. The van der Waals surface area contributed by atoms with Crippen molar-refractivity contribution >= 4 is 23.6 Å². The molecule has 2 bridgehead atoms. The smallest absolute Gasteiger partial charge is 0.405 e. The number of carbonyl (C=O) groups is 4. The fourth-order valence-electron chi connectivity index (χ4n) is 6.36. The molecule has 0 unspecified atom stereocenters. The molecule has 2 aromatic heterocycles. The van der Waals surface area contributed by atoms with Crippen molar-refractivity contribution in [3.63, 3.8) is 0 Å². The summed E-state index contributed by atoms with van der Waals surface area (Å²) in [7, 11) is 2.91. The number of rotatable bonds is 11. The van der Waals surface area contributed by atoms with Gasteiger partial charge in [0, 0.05) is 56.3 Å². The van der Waals surface area contributed by atoms with E-state index < -0.39 is 53.9 Å². The number of methoxy groups -OCH3 is 2. The van der Waals surface area contributed by atoms with Crippen LogP contribution in [0.2, 0.25) is 0 Å². The van der Waals surface area contributed by atoms with Crippen molar-refractivity contribution in [2.75, 3.05) is 27.4 Å². The van der Waals surface area contributed by atoms with Gasteiger partial charge in [0.15, 0.2) is 6.10 Å². The number of nitrogens with zero attached hydrogens (tertiary/aromatic N) is 4. The molecule has 2 amide bonds. The summed E-state index contributed by atoms with van der Waals surface area (Å²) >= 11 is 0. The fraction of sp³-hybridized carbons (Fsp3) is 0.462. The number of primary amides is 1. The first-order valence-electron chi connectivity index (χ1n) is 18.0. The zero-order chi connectivity index (χ0) is 40.1. The normalized spacial score (nSPS) is 27.0. The summed E-state index contributed by atoms with van der Waals surface area (Å²) in [4.78, 5) is 56.6. The van der Waals surface area contributed by atoms with Crippen LogP contribution in [0.15, 0.2) is 89.2 Å². The number of allylic oxidation sites excluding steroid dienone is 4. The molecule has 2 aliphatic rings. The molecule has 4 rings (SSSR count). The van der Waals surface area contributed by atoms with Gasteiger partial charge in [-0.1, -0.05) is 43.4 Å². The van der Waals surface area contributed by atoms with E-state index in [1.165, 1.54) is 20.3 Å². The fourth-order valence-corrected chi connectivity index (χ4v) is 6.36. The van der Waals surface area contributed by atoms with E-state index in [4.69, 9.17) is 24.7 Å². The molecule has 0 fully saturated rings. The zero-order valence-corrected chi connectivity index (χ0v) is 32.1. The molecule has 55 heavy (non-hydrogen) atoms. The second kappa shape index (κ2) is 20.4. The Kier molecular flexibility index (Phi) is 15.8. The number of Topliss-reactive ketones (excluding diaryl/α,β-unsaturated/α-hetero) is 1. The van der Waals surface area contributed by atoms with Crippen LogP contribution >= 0.6 is 0 Å². The maximum absolute atomic E-state index is 14.0. The number of ether oxygens (including phenoxy) is 4. The predicted molar refractivity (Wildman–Crippen MR) is 201 cm³/mol. The summed E-state index contributed by atoms with van der Waals surface area (Å²) in [6, 6.07) is 3.79. The molecule has 0 saturated heterocycles. The number of amides is 2. The highest BCUT2D eigenvalue weighted by Gasteiger charge is 2.33. The molecule has 0 spiro atoms. The summed E-state index contributed by atoms with van der Waals surface area (Å²) in [6.07, 6.45) is 8.73. The molecule has 5 N–H and O–H groups in total. The van der Waals surface area contributed by atoms with Crippen molar-refractivity contribution in [1.82, 2.24) is 30.6 Å². The molecule has 0 radical (unpaired) electrons. The number of aliphatic hydroxyl groups is 1. The van der Waals surface area contributed by atoms with Crippen molar-refractivity contribution in [1.29, 1.82) is 0 Å². The maximum atomic E-state index is 14.0. The van der Waals surface area contributed by atoms with E-state index in [1.54, 1.807) is 62.3 Å². The van der Waals surface area contributed by atoms with Gasteiger partial charge in [0.2, 0.25) is 11.6 Å². The molecule has 1 aliphatic heterocycles. The van der Waals surface area contributed by atoms with E-state index in [2.05, 4.69) is 25.9 Å². The minimum Gasteiger partial charge on any atom is -0.439 e. The number of nitrogens with two attached hydrogens (primary N) is 1. The van der Waals surface area contributed by atoms with E-state index in [0.29, 0.717) is 24.2 Å². The second-order valence-corrected chi connectivity index (χ2v) is 13.7. The lowest BCUT2D eigenvalue weighted by Crippen LogP contribution is -2.38. The van der Waals surface area contributed by atoms with Gasteiger partial charge in [-0.05, 0) is 55.9 Å². The van der Waals surface area contributed by atoms with Gasteiger partial charge in [0.25, 0.3) is 5.91 Å². The first-order chi connectivity index (χ1) is 26.3. The van der Waals surface area contributed by atoms with Gasteiger partial charge < -0.3 is 40.4 Å². The Hall–Kier alpha value is -5.29. The molecule has 1 aliphatic carbocycles. The summed E-state index contributed by atoms with van der Waals surface area (Å²) < 4.78 is 24.2. The van der Waals surface area contributed by atoms with Gasteiger partial charge in [-0.2, -0.15) is 0 Å². The van der Waals surface area contributed by atoms with Crippen LogP contribution in [0.1, 0.15) is 51.8 Å². The van der Waals surface area contributed by atoms with Crippen molar-refractivity contribution < 1.29 is 43.2 Å². The lowest BCUT2D eigenvalue weighted by Gasteiger charge is -2.30. The first kappa shape index (κ1) is 42.5. The van der Waals surface area contributed by atoms with Crippen LogP contribution in [-0.2, 0) is 46.5 Å². The van der Waals surface area contributed by atoms with Gasteiger partial charge in [-0.25, -0.2) is 9.48 Å². The minimum absolute atomic E-state index is 0.107. The Morgan fingerprint density at radius 3 is 2.56 bits per heavy atom. The van der Waals surface area contributed by atoms with Crippen LogP contribution in [0.3, 0.4) is 0 Å². The lowest BCUT2D eigenvalue weighted by atomic mass is 9.85. The summed E-state index contributed by atoms with van der Waals surface area (Å²) in [5.74, 6) is -2.33. The van der Waals surface area contributed by atoms with Crippen molar-refractivity contribution in [2.45, 2.75) is 78.1 Å². The third-order valence-corrected chi connectivity index (χ3v) is 9.27. The minimum atomic E-state index is -1.01. The van der Waals surface area contributed by atoms with Gasteiger partial charge in [-0.15, -0.1) is 5.10 Å². The van der Waals surface area contributed by atoms with Crippen LogP contribution < -0.4 is 16.4 Å². The molecule has 16 nitrogen and oxygen atoms in total. The van der Waals surface area contributed by atoms with Gasteiger partial charge in [0.05, 0.1) is 49.6 Å². The Balaban J connectivity index is 1.54. The largest absolute Gasteiger partial charge is 0.439 e. The van der Waals surface area contributed by atoms with E-state index in [0.717, 1.165) is 11.6 Å². The molecule has 296 valence electrons. The van der Waals surface area contributed by atoms with Crippen molar-refractivity contribution in [3.8, 4) is 0 Å². The average molecular weight is 762 g/mol. The SMILES string of the molecule is CO[C@H]1/C=C\C=C(/C)C(=O)NC2=CC(=O)C(NCCOCc3cn(Cc4ccncc4)nn3)=C(C[C@@H](C)C[C@H](OC)[C@H](O)[C@@H](C)/C=C(\C)[C@@H]1OC(N)=O)C2=O. The van der Waals surface area contributed by atoms with Crippen LogP contribution in [0, 0.1) is 11.8 Å². The van der Waals surface area contributed by atoms with Gasteiger partial charge in [0.1, 0.15) is 11.8 Å². The number of ketones is 2. The number of pyridine rings is 1. The number of hydrogen-bond donors (Lipinski definition) is 4. The lowest BCUT2D eigenvalue weighted by molar-refractivity contribution is -0.120. The number of carbonyl (C=O) groups excluding carboxylic acids is 4. The van der Waals surface area contributed by atoms with Crippen molar-refractivity contribution in [2.24, 2.45) is 17.6 Å². The van der Waals surface area contributed by atoms with Crippen LogP contribution in [-0.4, -0.2) is 100 Å². The third kappa shape index (κ3) is 12.1. The number of aliphatic hydroxyl groups excluding tert-OH is 1. The summed E-state index contributed by atoms with van der Waals surface area (Å²) in [5.41, 5.74) is 7.98.